The van der Waals surface area contributed by atoms with E-state index in [0.717, 1.165) is 4.57 Å². The van der Waals surface area contributed by atoms with E-state index in [9.17, 15) is 29.0 Å². The molecule has 4 atom stereocenters. The topological polar surface area (TPSA) is 186 Å². The van der Waals surface area contributed by atoms with Gasteiger partial charge in [-0.15, -0.1) is 0 Å². The highest BCUT2D eigenvalue weighted by Gasteiger charge is 2.58. The van der Waals surface area contributed by atoms with Crippen LogP contribution in [0.5, 0.6) is 0 Å². The normalized spacial score (nSPS) is 29.2. The second-order valence-corrected chi connectivity index (χ2v) is 7.16. The minimum absolute atomic E-state index is 0.00425. The summed E-state index contributed by atoms with van der Waals surface area (Å²) in [5, 5.41) is 9.85. The molecule has 0 aromatic carbocycles. The van der Waals surface area contributed by atoms with Gasteiger partial charge in [0.05, 0.1) is 6.61 Å². The van der Waals surface area contributed by atoms with Gasteiger partial charge >= 0.3 is 13.5 Å². The SMILES string of the molecule is COC1[C@H](n2cc(C)c(=O)[nH]c2=O)O[C@@](CO)(CCN)[C@H]1OP(=O)(O)O. The highest BCUT2D eigenvalue weighted by atomic mass is 31.2. The molecule has 1 aliphatic heterocycles. The number of phosphoric ester groups is 1. The van der Waals surface area contributed by atoms with E-state index in [2.05, 4.69) is 4.98 Å². The van der Waals surface area contributed by atoms with Gasteiger partial charge in [0.1, 0.15) is 17.8 Å². The van der Waals surface area contributed by atoms with Crippen molar-refractivity contribution < 1.29 is 33.5 Å². The Morgan fingerprint density at radius 2 is 2.12 bits per heavy atom. The fourth-order valence-electron chi connectivity index (χ4n) is 3.01. The molecule has 148 valence electrons. The lowest BCUT2D eigenvalue weighted by Gasteiger charge is -2.32. The van der Waals surface area contributed by atoms with Gasteiger partial charge in [0.2, 0.25) is 0 Å². The number of phosphoric acid groups is 1. The van der Waals surface area contributed by atoms with Crippen LogP contribution in [0.25, 0.3) is 0 Å². The number of hydrogen-bond donors (Lipinski definition) is 5. The third-order valence-corrected chi connectivity index (χ3v) is 4.73. The Morgan fingerprint density at radius 1 is 1.46 bits per heavy atom. The van der Waals surface area contributed by atoms with E-state index < -0.39 is 49.7 Å². The van der Waals surface area contributed by atoms with Gasteiger partial charge < -0.3 is 30.1 Å². The molecule has 6 N–H and O–H groups in total. The third-order valence-electron chi connectivity index (χ3n) is 4.23. The molecule has 2 rings (SSSR count). The summed E-state index contributed by atoms with van der Waals surface area (Å²) in [7, 11) is -3.75. The number of rotatable bonds is 7. The van der Waals surface area contributed by atoms with Crippen LogP contribution in [-0.4, -0.2) is 62.5 Å². The van der Waals surface area contributed by atoms with Crippen LogP contribution in [-0.2, 0) is 18.6 Å². The molecule has 1 unspecified atom stereocenters. The van der Waals surface area contributed by atoms with Crippen molar-refractivity contribution in [1.82, 2.24) is 9.55 Å². The summed E-state index contributed by atoms with van der Waals surface area (Å²) in [6, 6.07) is 0. The van der Waals surface area contributed by atoms with Gasteiger partial charge in [-0.1, -0.05) is 0 Å². The molecule has 0 spiro atoms. The van der Waals surface area contributed by atoms with E-state index in [0.29, 0.717) is 0 Å². The zero-order valence-corrected chi connectivity index (χ0v) is 15.1. The first-order valence-corrected chi connectivity index (χ1v) is 9.19. The van der Waals surface area contributed by atoms with Crippen LogP contribution < -0.4 is 17.0 Å². The molecule has 0 radical (unpaired) electrons. The van der Waals surface area contributed by atoms with Crippen LogP contribution in [0.4, 0.5) is 0 Å². The maximum absolute atomic E-state index is 12.2. The number of aromatic amines is 1. The fourth-order valence-corrected chi connectivity index (χ4v) is 3.62. The van der Waals surface area contributed by atoms with Gasteiger partial charge in [-0.3, -0.25) is 18.9 Å². The quantitative estimate of drug-likeness (QED) is 0.322. The molecule has 1 aliphatic rings. The molecular weight excluding hydrogens is 373 g/mol. The number of hydrogen-bond acceptors (Lipinski definition) is 8. The van der Waals surface area contributed by atoms with E-state index in [1.54, 1.807) is 0 Å². The highest BCUT2D eigenvalue weighted by Crippen LogP contribution is 2.49. The van der Waals surface area contributed by atoms with Crippen molar-refractivity contribution in [3.05, 3.63) is 32.6 Å². The van der Waals surface area contributed by atoms with Crippen LogP contribution in [0.2, 0.25) is 0 Å². The second kappa shape index (κ2) is 7.71. The lowest BCUT2D eigenvalue weighted by Crippen LogP contribution is -2.49. The maximum Gasteiger partial charge on any atom is 0.470 e. The number of methoxy groups -OCH3 is 1. The first-order chi connectivity index (χ1) is 12.1. The van der Waals surface area contributed by atoms with Gasteiger partial charge in [-0.2, -0.15) is 0 Å². The number of aliphatic hydroxyl groups is 1. The van der Waals surface area contributed by atoms with E-state index >= 15 is 0 Å². The smallest absolute Gasteiger partial charge is 0.393 e. The molecule has 0 aliphatic carbocycles. The lowest BCUT2D eigenvalue weighted by molar-refractivity contribution is -0.130. The van der Waals surface area contributed by atoms with E-state index in [-0.39, 0.29) is 18.5 Å². The highest BCUT2D eigenvalue weighted by molar-refractivity contribution is 7.46. The number of nitrogens with one attached hydrogen (secondary N) is 1. The average molecular weight is 395 g/mol. The Labute approximate surface area is 147 Å². The fraction of sp³-hybridized carbons (Fsp3) is 0.692. The zero-order valence-electron chi connectivity index (χ0n) is 14.2. The Balaban J connectivity index is 2.58. The Hall–Kier alpha value is -1.37. The van der Waals surface area contributed by atoms with E-state index in [4.69, 9.17) is 19.7 Å². The molecule has 26 heavy (non-hydrogen) atoms. The van der Waals surface area contributed by atoms with Gasteiger partial charge in [0.15, 0.2) is 6.23 Å². The van der Waals surface area contributed by atoms with Gasteiger partial charge in [0, 0.05) is 18.9 Å². The summed E-state index contributed by atoms with van der Waals surface area (Å²) in [5.74, 6) is 0. The summed E-state index contributed by atoms with van der Waals surface area (Å²) in [5.41, 5.74) is 2.72. The zero-order chi connectivity index (χ0) is 19.7. The first kappa shape index (κ1) is 20.9. The first-order valence-electron chi connectivity index (χ1n) is 7.66. The Morgan fingerprint density at radius 3 is 2.62 bits per heavy atom. The van der Waals surface area contributed by atoms with Crippen LogP contribution in [0.1, 0.15) is 18.2 Å². The number of nitrogens with zero attached hydrogens (tertiary/aromatic N) is 1. The molecule has 0 saturated carbocycles. The number of aryl methyl sites for hydroxylation is 1. The Kier molecular flexibility index (Phi) is 6.20. The molecule has 13 heteroatoms. The van der Waals surface area contributed by atoms with Crippen LogP contribution >= 0.6 is 7.82 Å². The van der Waals surface area contributed by atoms with Crippen LogP contribution in [0.3, 0.4) is 0 Å². The molecule has 1 aromatic heterocycles. The lowest BCUT2D eigenvalue weighted by atomic mass is 9.92. The van der Waals surface area contributed by atoms with Crippen LogP contribution in [0, 0.1) is 6.92 Å². The number of aromatic nitrogens is 2. The van der Waals surface area contributed by atoms with Crippen molar-refractivity contribution in [3.63, 3.8) is 0 Å². The summed E-state index contributed by atoms with van der Waals surface area (Å²) >= 11 is 0. The minimum Gasteiger partial charge on any atom is -0.393 e. The molecule has 1 fully saturated rings. The third kappa shape index (κ3) is 3.97. The predicted octanol–water partition coefficient (Wildman–Crippen LogP) is -2.05. The molecule has 1 aromatic rings. The molecule has 12 nitrogen and oxygen atoms in total. The minimum atomic E-state index is -4.99. The van der Waals surface area contributed by atoms with Crippen molar-refractivity contribution in [3.8, 4) is 0 Å². The average Bonchev–Trinajstić information content (AvgIpc) is 2.83. The molecule has 2 heterocycles. The predicted molar refractivity (Wildman–Crippen MR) is 87.4 cm³/mol. The van der Waals surface area contributed by atoms with Crippen molar-refractivity contribution in [1.29, 1.82) is 0 Å². The van der Waals surface area contributed by atoms with E-state index in [1.807, 2.05) is 0 Å². The van der Waals surface area contributed by atoms with Crippen molar-refractivity contribution in [2.24, 2.45) is 5.73 Å². The molecular formula is C13H22N3O9P. The van der Waals surface area contributed by atoms with Gasteiger partial charge in [-0.05, 0) is 19.9 Å². The number of nitrogens with two attached hydrogens (primary N) is 1. The van der Waals surface area contributed by atoms with Crippen molar-refractivity contribution in [2.45, 2.75) is 37.4 Å². The van der Waals surface area contributed by atoms with E-state index in [1.165, 1.54) is 20.2 Å². The van der Waals surface area contributed by atoms with Crippen LogP contribution in [0.15, 0.2) is 15.8 Å². The Bertz CT molecular complexity index is 803. The summed E-state index contributed by atoms with van der Waals surface area (Å²) < 4.78 is 28.3. The summed E-state index contributed by atoms with van der Waals surface area (Å²) in [6.07, 6.45) is -2.63. The summed E-state index contributed by atoms with van der Waals surface area (Å²) in [6.45, 7) is 0.779. The number of H-pyrrole nitrogens is 1. The molecule has 1 saturated heterocycles. The van der Waals surface area contributed by atoms with Crippen molar-refractivity contribution in [2.75, 3.05) is 20.3 Å². The number of ether oxygens (including phenoxy) is 2. The second-order valence-electron chi connectivity index (χ2n) is 5.97. The largest absolute Gasteiger partial charge is 0.470 e. The standard InChI is InChI=1S/C13H22N3O9P/c1-7-5-16(12(19)15-10(7)18)11-8(23-2)9(25-26(20,21)22)13(6-17,24-11)3-4-14/h5,8-9,11,17H,3-4,6,14H2,1-2H3,(H,15,18,19)(H2,20,21,22)/t8?,9-,11+,13+/m0/s1. The van der Waals surface area contributed by atoms with Crippen molar-refractivity contribution >= 4 is 7.82 Å². The molecule has 0 bridgehead atoms. The van der Waals surface area contributed by atoms with Gasteiger partial charge in [-0.25, -0.2) is 9.36 Å². The molecule has 0 amide bonds. The maximum atomic E-state index is 12.2. The monoisotopic (exact) mass is 395 g/mol. The summed E-state index contributed by atoms with van der Waals surface area (Å²) in [4.78, 5) is 44.3. The van der Waals surface area contributed by atoms with Gasteiger partial charge in [0.25, 0.3) is 5.56 Å². The number of aliphatic hydroxyl groups excluding tert-OH is 1.